The van der Waals surface area contributed by atoms with Gasteiger partial charge in [0.2, 0.25) is 0 Å². The summed E-state index contributed by atoms with van der Waals surface area (Å²) < 4.78 is 28.8. The normalized spacial score (nSPS) is 21.9. The maximum Gasteiger partial charge on any atom is 0.407 e. The topological polar surface area (TPSA) is 75.7 Å². The van der Waals surface area contributed by atoms with Crippen LogP contribution in [-0.4, -0.2) is 43.5 Å². The van der Waals surface area contributed by atoms with E-state index >= 15 is 0 Å². The number of carbonyl (C=O) groups excluding carboxylic acids is 1. The third-order valence-corrected chi connectivity index (χ3v) is 4.06. The van der Waals surface area contributed by atoms with E-state index in [0.717, 1.165) is 6.42 Å². The SMILES string of the molecule is CC(C)(C)OC(=O)NC[C@@H]1CCCN1S(=O)(=O)Cl. The predicted molar refractivity (Wildman–Crippen MR) is 68.7 cm³/mol. The fourth-order valence-corrected chi connectivity index (χ4v) is 3.24. The van der Waals surface area contributed by atoms with Crippen molar-refractivity contribution in [2.75, 3.05) is 13.1 Å². The van der Waals surface area contributed by atoms with E-state index in [1.807, 2.05) is 0 Å². The first-order chi connectivity index (χ1) is 8.09. The van der Waals surface area contributed by atoms with Crippen molar-refractivity contribution in [2.45, 2.75) is 45.3 Å². The summed E-state index contributed by atoms with van der Waals surface area (Å²) in [6, 6.07) is -0.292. The molecule has 6 nitrogen and oxygen atoms in total. The molecule has 106 valence electrons. The minimum absolute atomic E-state index is 0.209. The standard InChI is InChI=1S/C10H19ClN2O4S/c1-10(2,3)17-9(14)12-7-8-5-4-6-13(8)18(11,15)16/h8H,4-7H2,1-3H3,(H,12,14)/t8-/m0/s1. The van der Waals surface area contributed by atoms with Gasteiger partial charge in [0.25, 0.3) is 9.24 Å². The molecule has 18 heavy (non-hydrogen) atoms. The molecular formula is C10H19ClN2O4S. The zero-order valence-corrected chi connectivity index (χ0v) is 12.3. The van der Waals surface area contributed by atoms with Crippen LogP contribution in [-0.2, 0) is 14.0 Å². The summed E-state index contributed by atoms with van der Waals surface area (Å²) in [5.41, 5.74) is -0.571. The van der Waals surface area contributed by atoms with Crippen LogP contribution in [0.1, 0.15) is 33.6 Å². The number of amides is 1. The molecule has 8 heteroatoms. The van der Waals surface area contributed by atoms with E-state index in [4.69, 9.17) is 15.4 Å². The quantitative estimate of drug-likeness (QED) is 0.800. The number of hydrogen-bond acceptors (Lipinski definition) is 4. The first kappa shape index (κ1) is 15.5. The lowest BCUT2D eigenvalue weighted by molar-refractivity contribution is 0.0519. The molecule has 1 rings (SSSR count). The smallest absolute Gasteiger partial charge is 0.407 e. The Morgan fingerprint density at radius 2 is 2.11 bits per heavy atom. The third kappa shape index (κ3) is 4.99. The van der Waals surface area contributed by atoms with E-state index in [0.29, 0.717) is 13.0 Å². The zero-order chi connectivity index (χ0) is 14.0. The largest absolute Gasteiger partial charge is 0.444 e. The fourth-order valence-electron chi connectivity index (χ4n) is 1.82. The van der Waals surface area contributed by atoms with Crippen LogP contribution in [0.5, 0.6) is 0 Å². The van der Waals surface area contributed by atoms with Crippen molar-refractivity contribution < 1.29 is 17.9 Å². The molecule has 1 aliphatic heterocycles. The second-order valence-corrected chi connectivity index (χ2v) is 7.69. The summed E-state index contributed by atoms with van der Waals surface area (Å²) in [4.78, 5) is 11.4. The zero-order valence-electron chi connectivity index (χ0n) is 10.8. The summed E-state index contributed by atoms with van der Waals surface area (Å²) in [7, 11) is 1.59. The second kappa shape index (κ2) is 5.63. The highest BCUT2D eigenvalue weighted by Gasteiger charge is 2.33. The minimum atomic E-state index is -3.72. The van der Waals surface area contributed by atoms with Crippen molar-refractivity contribution in [1.29, 1.82) is 0 Å². The highest BCUT2D eigenvalue weighted by molar-refractivity contribution is 8.11. The van der Waals surface area contributed by atoms with E-state index in [2.05, 4.69) is 5.32 Å². The van der Waals surface area contributed by atoms with E-state index in [-0.39, 0.29) is 12.6 Å². The molecule has 0 unspecified atom stereocenters. The van der Waals surface area contributed by atoms with Crippen LogP contribution in [0.15, 0.2) is 0 Å². The fraction of sp³-hybridized carbons (Fsp3) is 0.900. The van der Waals surface area contributed by atoms with Crippen LogP contribution in [0.4, 0.5) is 4.79 Å². The second-order valence-electron chi connectivity index (χ2n) is 5.23. The van der Waals surface area contributed by atoms with Crippen molar-refractivity contribution in [2.24, 2.45) is 0 Å². The maximum absolute atomic E-state index is 11.4. The third-order valence-electron chi connectivity index (χ3n) is 2.48. The summed E-state index contributed by atoms with van der Waals surface area (Å²) in [6.07, 6.45) is 0.871. The lowest BCUT2D eigenvalue weighted by Gasteiger charge is -2.23. The predicted octanol–water partition coefficient (Wildman–Crippen LogP) is 1.46. The Bertz CT molecular complexity index is 405. The molecule has 1 amide bonds. The number of ether oxygens (including phenoxy) is 1. The van der Waals surface area contributed by atoms with Crippen molar-refractivity contribution in [3.8, 4) is 0 Å². The van der Waals surface area contributed by atoms with Crippen molar-refractivity contribution in [3.05, 3.63) is 0 Å². The monoisotopic (exact) mass is 298 g/mol. The highest BCUT2D eigenvalue weighted by atomic mass is 35.7. The van der Waals surface area contributed by atoms with Gasteiger partial charge < -0.3 is 10.1 Å². The molecule has 0 aromatic carbocycles. The average molecular weight is 299 g/mol. The van der Waals surface area contributed by atoms with Gasteiger partial charge in [-0.1, -0.05) is 0 Å². The van der Waals surface area contributed by atoms with Gasteiger partial charge in [0.15, 0.2) is 0 Å². The Labute approximate surface area is 112 Å². The number of nitrogens with zero attached hydrogens (tertiary/aromatic N) is 1. The molecule has 0 aromatic heterocycles. The molecule has 1 atom stereocenters. The summed E-state index contributed by atoms with van der Waals surface area (Å²) >= 11 is 0. The van der Waals surface area contributed by atoms with Gasteiger partial charge in [-0.2, -0.15) is 12.7 Å². The Kier molecular flexibility index (Phi) is 4.85. The molecular weight excluding hydrogens is 280 g/mol. The summed E-state index contributed by atoms with van der Waals surface area (Å²) in [5.74, 6) is 0. The molecule has 1 heterocycles. The number of rotatable bonds is 3. The van der Waals surface area contributed by atoms with E-state index < -0.39 is 20.9 Å². The van der Waals surface area contributed by atoms with E-state index in [1.54, 1.807) is 20.8 Å². The van der Waals surface area contributed by atoms with Gasteiger partial charge >= 0.3 is 6.09 Å². The van der Waals surface area contributed by atoms with Gasteiger partial charge in [0, 0.05) is 29.8 Å². The van der Waals surface area contributed by atoms with Gasteiger partial charge in [-0.05, 0) is 33.6 Å². The van der Waals surface area contributed by atoms with Crippen molar-refractivity contribution in [3.63, 3.8) is 0 Å². The van der Waals surface area contributed by atoms with Crippen molar-refractivity contribution in [1.82, 2.24) is 9.62 Å². The van der Waals surface area contributed by atoms with Gasteiger partial charge in [0.1, 0.15) is 5.60 Å². The Hall–Kier alpha value is -0.530. The van der Waals surface area contributed by atoms with Crippen LogP contribution >= 0.6 is 10.7 Å². The van der Waals surface area contributed by atoms with E-state index in [1.165, 1.54) is 4.31 Å². The molecule has 0 bridgehead atoms. The maximum atomic E-state index is 11.4. The van der Waals surface area contributed by atoms with Crippen LogP contribution < -0.4 is 5.32 Å². The number of alkyl carbamates (subject to hydrolysis) is 1. The number of carbonyl (C=O) groups is 1. The van der Waals surface area contributed by atoms with Crippen LogP contribution in [0.3, 0.4) is 0 Å². The molecule has 0 radical (unpaired) electrons. The number of nitrogens with one attached hydrogen (secondary N) is 1. The van der Waals surface area contributed by atoms with Crippen molar-refractivity contribution >= 4 is 26.0 Å². The minimum Gasteiger partial charge on any atom is -0.444 e. The van der Waals surface area contributed by atoms with Crippen LogP contribution in [0.25, 0.3) is 0 Å². The van der Waals surface area contributed by atoms with Gasteiger partial charge in [-0.25, -0.2) is 4.79 Å². The molecule has 1 N–H and O–H groups in total. The molecule has 1 fully saturated rings. The summed E-state index contributed by atoms with van der Waals surface area (Å²) in [5, 5.41) is 2.56. The Balaban J connectivity index is 2.46. The first-order valence-corrected chi connectivity index (χ1v) is 8.04. The van der Waals surface area contributed by atoms with Gasteiger partial charge in [-0.15, -0.1) is 0 Å². The van der Waals surface area contributed by atoms with Gasteiger partial charge in [-0.3, -0.25) is 0 Å². The molecule has 0 aromatic rings. The lowest BCUT2D eigenvalue weighted by atomic mass is 10.2. The first-order valence-electron chi connectivity index (χ1n) is 5.78. The average Bonchev–Trinajstić information content (AvgIpc) is 2.58. The Morgan fingerprint density at radius 1 is 1.50 bits per heavy atom. The molecule has 1 saturated heterocycles. The highest BCUT2D eigenvalue weighted by Crippen LogP contribution is 2.22. The molecule has 1 aliphatic rings. The summed E-state index contributed by atoms with van der Waals surface area (Å²) in [6.45, 7) is 5.89. The molecule has 0 aliphatic carbocycles. The number of halogens is 1. The number of hydrogen-bond donors (Lipinski definition) is 1. The molecule has 0 saturated carbocycles. The van der Waals surface area contributed by atoms with E-state index in [9.17, 15) is 13.2 Å². The van der Waals surface area contributed by atoms with Crippen LogP contribution in [0, 0.1) is 0 Å². The molecule has 0 spiro atoms. The van der Waals surface area contributed by atoms with Gasteiger partial charge in [0.05, 0.1) is 0 Å². The Morgan fingerprint density at radius 3 is 2.61 bits per heavy atom. The lowest BCUT2D eigenvalue weighted by Crippen LogP contribution is -2.43. The van der Waals surface area contributed by atoms with Crippen LogP contribution in [0.2, 0.25) is 0 Å².